The molecule has 0 aliphatic carbocycles. The maximum Gasteiger partial charge on any atom is 0.200 e. The van der Waals surface area contributed by atoms with E-state index in [-0.39, 0.29) is 0 Å². The molecular weight excluding hydrogens is 140 g/mol. The SMILES string of the molecule is c1c[nH]c(N[C@@H]2CCNC2)n1. The standard InChI is InChI=1S/C7H12N4/c1-2-8-5-6(1)11-7-9-3-4-10-7/h3-4,6,8H,1-2,5H2,(H2,9,10,11)/t6-/m1/s1. The average Bonchev–Trinajstić information content (AvgIpc) is 2.60. The minimum Gasteiger partial charge on any atom is -0.352 e. The predicted octanol–water partition coefficient (Wildman–Crippen LogP) is 0.183. The highest BCUT2D eigenvalue weighted by Crippen LogP contribution is 2.04. The quantitative estimate of drug-likeness (QED) is 0.566. The van der Waals surface area contributed by atoms with E-state index in [0.717, 1.165) is 19.0 Å². The first-order valence-electron chi connectivity index (χ1n) is 3.92. The van der Waals surface area contributed by atoms with E-state index in [4.69, 9.17) is 0 Å². The van der Waals surface area contributed by atoms with Crippen LogP contribution in [0.5, 0.6) is 0 Å². The molecule has 1 saturated heterocycles. The van der Waals surface area contributed by atoms with E-state index in [0.29, 0.717) is 6.04 Å². The minimum atomic E-state index is 0.543. The van der Waals surface area contributed by atoms with Crippen molar-refractivity contribution in [3.05, 3.63) is 12.4 Å². The molecule has 11 heavy (non-hydrogen) atoms. The molecule has 1 aromatic heterocycles. The van der Waals surface area contributed by atoms with Gasteiger partial charge in [-0.15, -0.1) is 0 Å². The van der Waals surface area contributed by atoms with Crippen LogP contribution in [0.15, 0.2) is 12.4 Å². The van der Waals surface area contributed by atoms with Crippen molar-refractivity contribution in [3.63, 3.8) is 0 Å². The van der Waals surface area contributed by atoms with Crippen molar-refractivity contribution in [3.8, 4) is 0 Å². The molecule has 1 aliphatic rings. The van der Waals surface area contributed by atoms with Crippen molar-refractivity contribution in [2.24, 2.45) is 0 Å². The summed E-state index contributed by atoms with van der Waals surface area (Å²) in [5.74, 6) is 0.874. The highest BCUT2D eigenvalue weighted by atomic mass is 15.1. The second-order valence-corrected chi connectivity index (χ2v) is 2.77. The summed E-state index contributed by atoms with van der Waals surface area (Å²) in [5.41, 5.74) is 0. The maximum atomic E-state index is 4.09. The fourth-order valence-corrected chi connectivity index (χ4v) is 1.32. The molecule has 4 nitrogen and oxygen atoms in total. The summed E-state index contributed by atoms with van der Waals surface area (Å²) in [7, 11) is 0. The van der Waals surface area contributed by atoms with Gasteiger partial charge in [0.25, 0.3) is 0 Å². The van der Waals surface area contributed by atoms with Gasteiger partial charge in [0, 0.05) is 25.0 Å². The summed E-state index contributed by atoms with van der Waals surface area (Å²) in [6, 6.07) is 0.543. The summed E-state index contributed by atoms with van der Waals surface area (Å²) >= 11 is 0. The van der Waals surface area contributed by atoms with Crippen LogP contribution < -0.4 is 10.6 Å². The molecule has 1 atom stereocenters. The highest BCUT2D eigenvalue weighted by molar-refractivity contribution is 5.25. The Labute approximate surface area is 65.4 Å². The van der Waals surface area contributed by atoms with Gasteiger partial charge in [-0.3, -0.25) is 0 Å². The molecule has 1 aliphatic heterocycles. The summed E-state index contributed by atoms with van der Waals surface area (Å²) in [5, 5.41) is 6.57. The Hall–Kier alpha value is -1.03. The van der Waals surface area contributed by atoms with Crippen molar-refractivity contribution in [1.82, 2.24) is 15.3 Å². The third kappa shape index (κ3) is 1.51. The van der Waals surface area contributed by atoms with E-state index in [1.54, 1.807) is 6.20 Å². The molecule has 0 spiro atoms. The lowest BCUT2D eigenvalue weighted by Gasteiger charge is -2.08. The van der Waals surface area contributed by atoms with Gasteiger partial charge >= 0.3 is 0 Å². The zero-order valence-corrected chi connectivity index (χ0v) is 6.30. The molecule has 2 heterocycles. The smallest absolute Gasteiger partial charge is 0.200 e. The average molecular weight is 152 g/mol. The Morgan fingerprint density at radius 3 is 3.27 bits per heavy atom. The number of nitrogens with zero attached hydrogens (tertiary/aromatic N) is 1. The van der Waals surface area contributed by atoms with Crippen LogP contribution in [0, 0.1) is 0 Å². The third-order valence-electron chi connectivity index (χ3n) is 1.90. The number of aromatic nitrogens is 2. The molecule has 1 aromatic rings. The molecule has 3 N–H and O–H groups in total. The minimum absolute atomic E-state index is 0.543. The van der Waals surface area contributed by atoms with Crippen molar-refractivity contribution >= 4 is 5.95 Å². The summed E-state index contributed by atoms with van der Waals surface area (Å²) < 4.78 is 0. The van der Waals surface area contributed by atoms with Crippen molar-refractivity contribution in [2.75, 3.05) is 18.4 Å². The monoisotopic (exact) mass is 152 g/mol. The zero-order chi connectivity index (χ0) is 7.52. The molecule has 0 unspecified atom stereocenters. The van der Waals surface area contributed by atoms with E-state index < -0.39 is 0 Å². The Bertz CT molecular complexity index is 200. The van der Waals surface area contributed by atoms with Crippen LogP contribution in [0.25, 0.3) is 0 Å². The Morgan fingerprint density at radius 1 is 1.64 bits per heavy atom. The third-order valence-corrected chi connectivity index (χ3v) is 1.90. The largest absolute Gasteiger partial charge is 0.352 e. The van der Waals surface area contributed by atoms with E-state index in [9.17, 15) is 0 Å². The van der Waals surface area contributed by atoms with Crippen LogP contribution in [-0.2, 0) is 0 Å². The lowest BCUT2D eigenvalue weighted by atomic mass is 10.3. The van der Waals surface area contributed by atoms with E-state index in [2.05, 4.69) is 20.6 Å². The first-order chi connectivity index (χ1) is 5.45. The molecular formula is C7H12N4. The van der Waals surface area contributed by atoms with Gasteiger partial charge in [-0.1, -0.05) is 0 Å². The van der Waals surface area contributed by atoms with Gasteiger partial charge in [-0.2, -0.15) is 0 Å². The molecule has 4 heteroatoms. The maximum absolute atomic E-state index is 4.09. The number of hydrogen-bond acceptors (Lipinski definition) is 3. The first-order valence-corrected chi connectivity index (χ1v) is 3.92. The summed E-state index contributed by atoms with van der Waals surface area (Å²) in [4.78, 5) is 7.10. The predicted molar refractivity (Wildman–Crippen MR) is 43.5 cm³/mol. The normalized spacial score (nSPS) is 23.8. The summed E-state index contributed by atoms with van der Waals surface area (Å²) in [6.45, 7) is 2.15. The molecule has 1 fully saturated rings. The number of rotatable bonds is 2. The second kappa shape index (κ2) is 2.92. The zero-order valence-electron chi connectivity index (χ0n) is 6.30. The molecule has 0 amide bonds. The highest BCUT2D eigenvalue weighted by Gasteiger charge is 2.13. The van der Waals surface area contributed by atoms with E-state index in [1.165, 1.54) is 6.42 Å². The van der Waals surface area contributed by atoms with Crippen molar-refractivity contribution in [1.29, 1.82) is 0 Å². The van der Waals surface area contributed by atoms with Crippen molar-refractivity contribution < 1.29 is 0 Å². The molecule has 2 rings (SSSR count). The van der Waals surface area contributed by atoms with Crippen LogP contribution in [0.1, 0.15) is 6.42 Å². The number of hydrogen-bond donors (Lipinski definition) is 3. The van der Waals surface area contributed by atoms with Crippen LogP contribution in [-0.4, -0.2) is 29.1 Å². The molecule has 60 valence electrons. The van der Waals surface area contributed by atoms with Gasteiger partial charge in [0.2, 0.25) is 0 Å². The number of anilines is 1. The fourth-order valence-electron chi connectivity index (χ4n) is 1.32. The van der Waals surface area contributed by atoms with Gasteiger partial charge in [-0.05, 0) is 13.0 Å². The number of aromatic amines is 1. The first kappa shape index (κ1) is 6.67. The van der Waals surface area contributed by atoms with Crippen LogP contribution in [0.3, 0.4) is 0 Å². The number of H-pyrrole nitrogens is 1. The fraction of sp³-hybridized carbons (Fsp3) is 0.571. The van der Waals surface area contributed by atoms with E-state index >= 15 is 0 Å². The van der Waals surface area contributed by atoms with Gasteiger partial charge in [0.15, 0.2) is 5.95 Å². The van der Waals surface area contributed by atoms with Gasteiger partial charge in [0.05, 0.1) is 0 Å². The van der Waals surface area contributed by atoms with Crippen LogP contribution in [0.4, 0.5) is 5.95 Å². The Balaban J connectivity index is 1.90. The molecule has 0 bridgehead atoms. The van der Waals surface area contributed by atoms with Gasteiger partial charge in [0.1, 0.15) is 0 Å². The lowest BCUT2D eigenvalue weighted by molar-refractivity contribution is 0.784. The van der Waals surface area contributed by atoms with Crippen molar-refractivity contribution in [2.45, 2.75) is 12.5 Å². The number of imidazole rings is 1. The van der Waals surface area contributed by atoms with Crippen LogP contribution in [0.2, 0.25) is 0 Å². The second-order valence-electron chi connectivity index (χ2n) is 2.77. The topological polar surface area (TPSA) is 52.7 Å². The van der Waals surface area contributed by atoms with E-state index in [1.807, 2.05) is 6.20 Å². The summed E-state index contributed by atoms with van der Waals surface area (Å²) in [6.07, 6.45) is 4.76. The molecule has 0 radical (unpaired) electrons. The Kier molecular flexibility index (Phi) is 1.77. The molecule has 0 aromatic carbocycles. The lowest BCUT2D eigenvalue weighted by Crippen LogP contribution is -2.22. The van der Waals surface area contributed by atoms with Crippen LogP contribution >= 0.6 is 0 Å². The van der Waals surface area contributed by atoms with Gasteiger partial charge in [-0.25, -0.2) is 4.98 Å². The Morgan fingerprint density at radius 2 is 2.64 bits per heavy atom. The molecule has 0 saturated carbocycles. The number of nitrogens with one attached hydrogen (secondary N) is 3. The van der Waals surface area contributed by atoms with Gasteiger partial charge < -0.3 is 15.6 Å².